The van der Waals surface area contributed by atoms with Gasteiger partial charge in [-0.3, -0.25) is 19.3 Å². The Morgan fingerprint density at radius 1 is 1.20 bits per heavy atom. The van der Waals surface area contributed by atoms with Crippen LogP contribution in [0.2, 0.25) is 0 Å². The molecule has 1 N–H and O–H groups in total. The fraction of sp³-hybridized carbons (Fsp3) is 0.360. The second-order valence-electron chi connectivity index (χ2n) is 8.63. The van der Waals surface area contributed by atoms with Gasteiger partial charge in [-0.25, -0.2) is 4.98 Å². The number of likely N-dealkylation sites (tertiary alicyclic amines) is 1. The number of aromatic nitrogens is 1. The van der Waals surface area contributed by atoms with Gasteiger partial charge < -0.3 is 14.7 Å². The summed E-state index contributed by atoms with van der Waals surface area (Å²) in [5.41, 5.74) is 0.968. The standard InChI is InChI=1S/C25H25N3O5S2/c29-14-16-5-3-10-27(13-16)21(30)9-11-28(24(32)20-8-4-12-34-20)25-26-18(15-35-25)23-22(31)17-6-1-2-7-19(17)33-23/h1-2,4,6-8,12,15-16,23,29H,3,5,9-11,13-14H2. The van der Waals surface area contributed by atoms with Crippen LogP contribution in [0.25, 0.3) is 0 Å². The number of ketones is 1. The molecule has 182 valence electrons. The third-order valence-corrected chi connectivity index (χ3v) is 8.04. The number of aliphatic hydroxyl groups is 1. The number of fused-ring (bicyclic) bond motifs is 1. The molecule has 4 heterocycles. The van der Waals surface area contributed by atoms with E-state index in [1.165, 1.54) is 27.6 Å². The maximum absolute atomic E-state index is 13.3. The van der Waals surface area contributed by atoms with Gasteiger partial charge in [0.15, 0.2) is 5.13 Å². The number of thiazole rings is 1. The quantitative estimate of drug-likeness (QED) is 0.518. The molecule has 0 aliphatic carbocycles. The normalized spacial score (nSPS) is 19.3. The van der Waals surface area contributed by atoms with Gasteiger partial charge in [0.2, 0.25) is 17.8 Å². The summed E-state index contributed by atoms with van der Waals surface area (Å²) in [6.07, 6.45) is 1.08. The molecule has 5 rings (SSSR count). The average Bonchev–Trinajstić information content (AvgIpc) is 3.65. The van der Waals surface area contributed by atoms with Crippen LogP contribution in [-0.2, 0) is 4.79 Å². The maximum Gasteiger partial charge on any atom is 0.270 e. The summed E-state index contributed by atoms with van der Waals surface area (Å²) in [7, 11) is 0. The number of thiophene rings is 1. The van der Waals surface area contributed by atoms with Gasteiger partial charge in [-0.2, -0.15) is 0 Å². The number of piperidine rings is 1. The zero-order chi connectivity index (χ0) is 24.4. The van der Waals surface area contributed by atoms with Gasteiger partial charge in [-0.15, -0.1) is 22.7 Å². The van der Waals surface area contributed by atoms with Crippen LogP contribution in [0.1, 0.15) is 51.1 Å². The summed E-state index contributed by atoms with van der Waals surface area (Å²) in [5.74, 6) is 0.187. The third-order valence-electron chi connectivity index (χ3n) is 6.30. The lowest BCUT2D eigenvalue weighted by Gasteiger charge is -2.32. The van der Waals surface area contributed by atoms with Crippen molar-refractivity contribution in [2.75, 3.05) is 31.1 Å². The lowest BCUT2D eigenvalue weighted by molar-refractivity contribution is -0.133. The molecule has 8 nitrogen and oxygen atoms in total. The van der Waals surface area contributed by atoms with Gasteiger partial charge in [-0.05, 0) is 42.3 Å². The molecule has 2 atom stereocenters. The van der Waals surface area contributed by atoms with E-state index in [-0.39, 0.29) is 43.1 Å². The second-order valence-corrected chi connectivity index (χ2v) is 10.4. The minimum absolute atomic E-state index is 0.0475. The number of rotatable bonds is 7. The molecule has 3 aromatic rings. The Morgan fingerprint density at radius 2 is 2.06 bits per heavy atom. The molecule has 2 aromatic heterocycles. The Morgan fingerprint density at radius 3 is 2.83 bits per heavy atom. The van der Waals surface area contributed by atoms with E-state index in [0.717, 1.165) is 12.8 Å². The molecule has 0 bridgehead atoms. The molecule has 1 aromatic carbocycles. The monoisotopic (exact) mass is 511 g/mol. The van der Waals surface area contributed by atoms with Gasteiger partial charge in [-0.1, -0.05) is 18.2 Å². The van der Waals surface area contributed by atoms with Crippen LogP contribution in [0.4, 0.5) is 5.13 Å². The van der Waals surface area contributed by atoms with Crippen LogP contribution in [0.5, 0.6) is 5.75 Å². The highest BCUT2D eigenvalue weighted by Gasteiger charge is 2.36. The van der Waals surface area contributed by atoms with E-state index in [0.29, 0.717) is 40.1 Å². The van der Waals surface area contributed by atoms with Gasteiger partial charge in [0, 0.05) is 38.0 Å². The van der Waals surface area contributed by atoms with Gasteiger partial charge in [0.1, 0.15) is 11.4 Å². The fourth-order valence-corrected chi connectivity index (χ4v) is 5.97. The molecular formula is C25H25N3O5S2. The van der Waals surface area contributed by atoms with Crippen molar-refractivity contribution in [1.29, 1.82) is 0 Å². The Labute approximate surface area is 210 Å². The number of anilines is 1. The smallest absolute Gasteiger partial charge is 0.270 e. The third kappa shape index (κ3) is 4.86. The second kappa shape index (κ2) is 10.3. The first-order chi connectivity index (χ1) is 17.0. The van der Waals surface area contributed by atoms with Crippen LogP contribution >= 0.6 is 22.7 Å². The Kier molecular flexibility index (Phi) is 6.94. The molecule has 0 spiro atoms. The van der Waals surface area contributed by atoms with Crippen LogP contribution < -0.4 is 9.64 Å². The van der Waals surface area contributed by atoms with E-state index in [4.69, 9.17) is 4.74 Å². The van der Waals surface area contributed by atoms with E-state index < -0.39 is 6.10 Å². The first-order valence-electron chi connectivity index (χ1n) is 11.5. The highest BCUT2D eigenvalue weighted by Crippen LogP contribution is 2.38. The molecular weight excluding hydrogens is 486 g/mol. The van der Waals surface area contributed by atoms with Crippen molar-refractivity contribution in [2.24, 2.45) is 5.92 Å². The predicted molar refractivity (Wildman–Crippen MR) is 133 cm³/mol. The molecule has 2 aliphatic rings. The summed E-state index contributed by atoms with van der Waals surface area (Å²) in [6.45, 7) is 1.44. The van der Waals surface area contributed by atoms with Crippen LogP contribution in [0, 0.1) is 5.92 Å². The van der Waals surface area contributed by atoms with Crippen molar-refractivity contribution in [3.05, 3.63) is 63.3 Å². The number of para-hydroxylation sites is 1. The number of Topliss-reactive ketones (excluding diaryl/α,β-unsaturated/α-hetero) is 1. The van der Waals surface area contributed by atoms with Gasteiger partial charge >= 0.3 is 0 Å². The van der Waals surface area contributed by atoms with E-state index in [2.05, 4.69) is 4.98 Å². The number of amides is 2. The van der Waals surface area contributed by atoms with Gasteiger partial charge in [0.25, 0.3) is 5.91 Å². The summed E-state index contributed by atoms with van der Waals surface area (Å²) in [6, 6.07) is 10.6. The number of benzene rings is 1. The van der Waals surface area contributed by atoms with E-state index in [1.807, 2.05) is 11.4 Å². The summed E-state index contributed by atoms with van der Waals surface area (Å²) in [4.78, 5) is 47.5. The summed E-state index contributed by atoms with van der Waals surface area (Å²) < 4.78 is 5.84. The van der Waals surface area contributed by atoms with Crippen molar-refractivity contribution in [2.45, 2.75) is 25.4 Å². The first kappa shape index (κ1) is 23.7. The molecule has 0 radical (unpaired) electrons. The largest absolute Gasteiger partial charge is 0.475 e. The lowest BCUT2D eigenvalue weighted by Crippen LogP contribution is -2.42. The topological polar surface area (TPSA) is 100 Å². The fourth-order valence-electron chi connectivity index (χ4n) is 4.43. The van der Waals surface area contributed by atoms with Gasteiger partial charge in [0.05, 0.1) is 10.4 Å². The highest BCUT2D eigenvalue weighted by molar-refractivity contribution is 7.14. The summed E-state index contributed by atoms with van der Waals surface area (Å²) in [5, 5.41) is 13.5. The number of carbonyl (C=O) groups excluding carboxylic acids is 3. The minimum atomic E-state index is -0.846. The van der Waals surface area contributed by atoms with Crippen LogP contribution in [0.3, 0.4) is 0 Å². The van der Waals surface area contributed by atoms with E-state index in [9.17, 15) is 19.5 Å². The molecule has 35 heavy (non-hydrogen) atoms. The molecule has 2 aliphatic heterocycles. The van der Waals surface area contributed by atoms with Crippen molar-refractivity contribution < 1.29 is 24.2 Å². The maximum atomic E-state index is 13.3. The first-order valence-corrected chi connectivity index (χ1v) is 13.3. The zero-order valence-electron chi connectivity index (χ0n) is 19.0. The molecule has 2 unspecified atom stereocenters. The summed E-state index contributed by atoms with van der Waals surface area (Å²) >= 11 is 2.58. The predicted octanol–water partition coefficient (Wildman–Crippen LogP) is 3.79. The number of aliphatic hydroxyl groups excluding tert-OH is 1. The number of ether oxygens (including phenoxy) is 1. The molecule has 10 heteroatoms. The van der Waals surface area contributed by atoms with Crippen LogP contribution in [-0.4, -0.2) is 58.8 Å². The number of hydrogen-bond donors (Lipinski definition) is 1. The highest BCUT2D eigenvalue weighted by atomic mass is 32.1. The van der Waals surface area contributed by atoms with E-state index >= 15 is 0 Å². The van der Waals surface area contributed by atoms with Crippen molar-refractivity contribution >= 4 is 45.4 Å². The lowest BCUT2D eigenvalue weighted by atomic mass is 9.99. The van der Waals surface area contributed by atoms with E-state index in [1.54, 1.807) is 40.6 Å². The average molecular weight is 512 g/mol. The Balaban J connectivity index is 1.34. The zero-order valence-corrected chi connectivity index (χ0v) is 20.6. The Hall–Kier alpha value is -3.08. The van der Waals surface area contributed by atoms with Crippen molar-refractivity contribution in [1.82, 2.24) is 9.88 Å². The minimum Gasteiger partial charge on any atom is -0.475 e. The molecule has 0 saturated carbocycles. The van der Waals surface area contributed by atoms with Crippen molar-refractivity contribution in [3.63, 3.8) is 0 Å². The number of nitrogens with zero attached hydrogens (tertiary/aromatic N) is 3. The SMILES string of the molecule is O=C1c2ccccc2OC1c1csc(N(CCC(=O)N2CCCC(CO)C2)C(=O)c2cccs2)n1. The number of hydrogen-bond acceptors (Lipinski definition) is 8. The molecule has 2 amide bonds. The molecule has 1 saturated heterocycles. The van der Waals surface area contributed by atoms with Crippen LogP contribution in [0.15, 0.2) is 47.2 Å². The Bertz CT molecular complexity index is 1230. The number of carbonyl (C=O) groups is 3. The van der Waals surface area contributed by atoms with Crippen molar-refractivity contribution in [3.8, 4) is 5.75 Å². The molecule has 1 fully saturated rings.